The molecule has 20 heavy (non-hydrogen) atoms. The number of para-hydroxylation sites is 1. The second kappa shape index (κ2) is 6.13. The molecule has 0 aliphatic carbocycles. The molecule has 1 N–H and O–H groups in total. The molecule has 0 aliphatic rings. The van der Waals surface area contributed by atoms with Gasteiger partial charge in [0.1, 0.15) is 5.75 Å². The smallest absolute Gasteiger partial charge is 0.119 e. The largest absolute Gasteiger partial charge is 0.508 e. The van der Waals surface area contributed by atoms with Crippen LogP contribution in [0.2, 0.25) is 0 Å². The zero-order valence-corrected chi connectivity index (χ0v) is 12.7. The van der Waals surface area contributed by atoms with Crippen molar-refractivity contribution in [2.75, 3.05) is 0 Å². The van der Waals surface area contributed by atoms with Gasteiger partial charge in [-0.3, -0.25) is 0 Å². The molecule has 0 saturated carbocycles. The molecule has 1 atom stereocenters. The zero-order valence-electron chi connectivity index (χ0n) is 12.7. The van der Waals surface area contributed by atoms with E-state index in [1.165, 1.54) is 11.1 Å². The summed E-state index contributed by atoms with van der Waals surface area (Å²) in [5, 5.41) is 10.3. The molecule has 106 valence electrons. The van der Waals surface area contributed by atoms with Gasteiger partial charge in [-0.05, 0) is 30.0 Å². The first-order valence-electron chi connectivity index (χ1n) is 7.50. The highest BCUT2D eigenvalue weighted by Crippen LogP contribution is 2.41. The van der Waals surface area contributed by atoms with Gasteiger partial charge in [-0.1, -0.05) is 69.7 Å². The Bertz CT molecular complexity index is 573. The predicted molar refractivity (Wildman–Crippen MR) is 85.3 cm³/mol. The summed E-state index contributed by atoms with van der Waals surface area (Å²) in [5.41, 5.74) is 3.61. The minimum atomic E-state index is -0.142. The number of phenols is 1. The Morgan fingerprint density at radius 2 is 1.50 bits per heavy atom. The Labute approximate surface area is 122 Å². The summed E-state index contributed by atoms with van der Waals surface area (Å²) in [4.78, 5) is 0. The molecule has 0 saturated heterocycles. The van der Waals surface area contributed by atoms with Gasteiger partial charge in [0.25, 0.3) is 0 Å². The van der Waals surface area contributed by atoms with Crippen molar-refractivity contribution in [3.8, 4) is 5.75 Å². The number of phenolic OH excluding ortho intramolecular Hbond substituents is 1. The van der Waals surface area contributed by atoms with E-state index in [0.29, 0.717) is 5.75 Å². The van der Waals surface area contributed by atoms with E-state index in [0.717, 1.165) is 24.8 Å². The van der Waals surface area contributed by atoms with Crippen LogP contribution in [0.3, 0.4) is 0 Å². The van der Waals surface area contributed by atoms with Gasteiger partial charge in [0.05, 0.1) is 0 Å². The van der Waals surface area contributed by atoms with Crippen LogP contribution in [0, 0.1) is 0 Å². The van der Waals surface area contributed by atoms with Gasteiger partial charge in [0.2, 0.25) is 0 Å². The molecule has 0 heterocycles. The first-order valence-corrected chi connectivity index (χ1v) is 7.50. The molecule has 2 aromatic rings. The topological polar surface area (TPSA) is 20.2 Å². The van der Waals surface area contributed by atoms with Crippen molar-refractivity contribution >= 4 is 0 Å². The fraction of sp³-hybridized carbons (Fsp3) is 0.368. The highest BCUT2D eigenvalue weighted by atomic mass is 16.3. The van der Waals surface area contributed by atoms with Gasteiger partial charge in [-0.2, -0.15) is 0 Å². The second-order valence-corrected chi connectivity index (χ2v) is 5.61. The van der Waals surface area contributed by atoms with Crippen molar-refractivity contribution in [2.24, 2.45) is 0 Å². The molecule has 1 unspecified atom stereocenters. The van der Waals surface area contributed by atoms with Crippen LogP contribution in [-0.2, 0) is 11.8 Å². The lowest BCUT2D eigenvalue weighted by Gasteiger charge is -2.32. The van der Waals surface area contributed by atoms with Crippen LogP contribution >= 0.6 is 0 Å². The average Bonchev–Trinajstić information content (AvgIpc) is 2.48. The van der Waals surface area contributed by atoms with E-state index in [2.05, 4.69) is 45.0 Å². The second-order valence-electron chi connectivity index (χ2n) is 5.61. The lowest BCUT2D eigenvalue weighted by molar-refractivity contribution is 0.440. The van der Waals surface area contributed by atoms with E-state index < -0.39 is 0 Å². The quantitative estimate of drug-likeness (QED) is 0.803. The van der Waals surface area contributed by atoms with E-state index in [-0.39, 0.29) is 5.41 Å². The van der Waals surface area contributed by atoms with Crippen molar-refractivity contribution < 1.29 is 5.11 Å². The minimum Gasteiger partial charge on any atom is -0.508 e. The molecular weight excluding hydrogens is 244 g/mol. The van der Waals surface area contributed by atoms with Crippen LogP contribution in [0.25, 0.3) is 0 Å². The first kappa shape index (κ1) is 14.6. The number of aromatic hydroxyl groups is 1. The Morgan fingerprint density at radius 1 is 0.900 bits per heavy atom. The SMILES string of the molecule is CCCc1ccccc1C(C)(CC)c1ccccc1O. The Kier molecular flexibility index (Phi) is 4.49. The van der Waals surface area contributed by atoms with E-state index in [1.54, 1.807) is 6.07 Å². The van der Waals surface area contributed by atoms with Gasteiger partial charge in [-0.15, -0.1) is 0 Å². The van der Waals surface area contributed by atoms with Gasteiger partial charge < -0.3 is 5.11 Å². The number of hydrogen-bond acceptors (Lipinski definition) is 1. The van der Waals surface area contributed by atoms with Crippen LogP contribution in [0.5, 0.6) is 5.75 Å². The summed E-state index contributed by atoms with van der Waals surface area (Å²) in [6.45, 7) is 6.63. The fourth-order valence-electron chi connectivity index (χ4n) is 3.01. The number of hydrogen-bond donors (Lipinski definition) is 1. The predicted octanol–water partition coefficient (Wildman–Crippen LogP) is 5.06. The maximum absolute atomic E-state index is 10.3. The fourth-order valence-corrected chi connectivity index (χ4v) is 3.01. The third kappa shape index (κ3) is 2.58. The first-order chi connectivity index (χ1) is 9.63. The van der Waals surface area contributed by atoms with E-state index >= 15 is 0 Å². The van der Waals surface area contributed by atoms with Crippen molar-refractivity contribution in [1.82, 2.24) is 0 Å². The Balaban J connectivity index is 2.59. The number of rotatable bonds is 5. The lowest BCUT2D eigenvalue weighted by Crippen LogP contribution is -2.24. The van der Waals surface area contributed by atoms with E-state index in [9.17, 15) is 5.11 Å². The lowest BCUT2D eigenvalue weighted by atomic mass is 9.71. The van der Waals surface area contributed by atoms with Gasteiger partial charge >= 0.3 is 0 Å². The van der Waals surface area contributed by atoms with Crippen molar-refractivity contribution in [2.45, 2.75) is 45.4 Å². The van der Waals surface area contributed by atoms with E-state index in [1.807, 2.05) is 18.2 Å². The monoisotopic (exact) mass is 268 g/mol. The van der Waals surface area contributed by atoms with Crippen LogP contribution in [0.4, 0.5) is 0 Å². The van der Waals surface area contributed by atoms with Gasteiger partial charge in [0.15, 0.2) is 0 Å². The molecule has 0 fully saturated rings. The maximum Gasteiger partial charge on any atom is 0.119 e. The highest BCUT2D eigenvalue weighted by Gasteiger charge is 2.30. The van der Waals surface area contributed by atoms with Gasteiger partial charge in [0, 0.05) is 11.0 Å². The van der Waals surface area contributed by atoms with Crippen LogP contribution in [-0.4, -0.2) is 5.11 Å². The van der Waals surface area contributed by atoms with Crippen LogP contribution < -0.4 is 0 Å². The molecular formula is C19H24O. The molecule has 0 radical (unpaired) electrons. The molecule has 2 aromatic carbocycles. The summed E-state index contributed by atoms with van der Waals surface area (Å²) in [6.07, 6.45) is 3.18. The summed E-state index contributed by atoms with van der Waals surface area (Å²) >= 11 is 0. The van der Waals surface area contributed by atoms with Crippen LogP contribution in [0.15, 0.2) is 48.5 Å². The highest BCUT2D eigenvalue weighted by molar-refractivity contribution is 5.48. The minimum absolute atomic E-state index is 0.142. The van der Waals surface area contributed by atoms with E-state index in [4.69, 9.17) is 0 Å². The summed E-state index contributed by atoms with van der Waals surface area (Å²) in [7, 11) is 0. The molecule has 1 nitrogen and oxygen atoms in total. The molecule has 1 heteroatoms. The number of aryl methyl sites for hydroxylation is 1. The molecule has 0 aromatic heterocycles. The standard InChI is InChI=1S/C19H24O/c1-4-10-15-11-6-7-12-16(15)19(3,5-2)17-13-8-9-14-18(17)20/h6-9,11-14,20H,4-5,10H2,1-3H3. The molecule has 0 bridgehead atoms. The summed E-state index contributed by atoms with van der Waals surface area (Å²) < 4.78 is 0. The van der Waals surface area contributed by atoms with Crippen molar-refractivity contribution in [3.63, 3.8) is 0 Å². The normalized spacial score (nSPS) is 13.9. The third-order valence-corrected chi connectivity index (χ3v) is 4.34. The Morgan fingerprint density at radius 3 is 2.10 bits per heavy atom. The Hall–Kier alpha value is -1.76. The summed E-state index contributed by atoms with van der Waals surface area (Å²) in [6, 6.07) is 16.3. The molecule has 0 spiro atoms. The average molecular weight is 268 g/mol. The third-order valence-electron chi connectivity index (χ3n) is 4.34. The molecule has 2 rings (SSSR count). The van der Waals surface area contributed by atoms with Gasteiger partial charge in [-0.25, -0.2) is 0 Å². The molecule has 0 aliphatic heterocycles. The zero-order chi connectivity index (χ0) is 14.6. The van der Waals surface area contributed by atoms with Crippen molar-refractivity contribution in [3.05, 3.63) is 65.2 Å². The van der Waals surface area contributed by atoms with Crippen LogP contribution in [0.1, 0.15) is 50.3 Å². The molecule has 0 amide bonds. The van der Waals surface area contributed by atoms with Crippen molar-refractivity contribution in [1.29, 1.82) is 0 Å². The summed E-state index contributed by atoms with van der Waals surface area (Å²) in [5.74, 6) is 0.392. The number of benzene rings is 2. The maximum atomic E-state index is 10.3.